The maximum Gasteiger partial charge on any atom is 0.226 e. The third-order valence-corrected chi connectivity index (χ3v) is 4.18. The van der Waals surface area contributed by atoms with Gasteiger partial charge in [0.25, 0.3) is 0 Å². The van der Waals surface area contributed by atoms with E-state index in [-0.39, 0.29) is 0 Å². The zero-order chi connectivity index (χ0) is 16.4. The molecule has 4 aromatic rings. The minimum absolute atomic E-state index is 0.666. The first-order valence-corrected chi connectivity index (χ1v) is 8.27. The Kier molecular flexibility index (Phi) is 3.87. The van der Waals surface area contributed by atoms with Crippen LogP contribution in [0.1, 0.15) is 24.9 Å². The number of rotatable bonds is 5. The SMILES string of the molecule is CCCc1nccn1Cc1coc(-c2cccc3ccccc23)n1. The van der Waals surface area contributed by atoms with Crippen molar-refractivity contribution in [1.82, 2.24) is 14.5 Å². The predicted octanol–water partition coefficient (Wildman–Crippen LogP) is 4.69. The van der Waals surface area contributed by atoms with Crippen LogP contribution in [0.15, 0.2) is 65.5 Å². The van der Waals surface area contributed by atoms with E-state index >= 15 is 0 Å². The Bertz CT molecular complexity index is 962. The quantitative estimate of drug-likeness (QED) is 0.536. The fourth-order valence-corrected chi connectivity index (χ4v) is 3.03. The van der Waals surface area contributed by atoms with Gasteiger partial charge in [0.1, 0.15) is 12.1 Å². The van der Waals surface area contributed by atoms with Crippen LogP contribution in [0.25, 0.3) is 22.2 Å². The van der Waals surface area contributed by atoms with Crippen LogP contribution in [-0.4, -0.2) is 14.5 Å². The molecule has 4 rings (SSSR count). The molecular formula is C20H19N3O. The van der Waals surface area contributed by atoms with Crippen LogP contribution in [0.4, 0.5) is 0 Å². The van der Waals surface area contributed by atoms with Crippen molar-refractivity contribution in [2.24, 2.45) is 0 Å². The molecule has 0 aliphatic rings. The summed E-state index contributed by atoms with van der Waals surface area (Å²) in [5, 5.41) is 2.34. The zero-order valence-electron chi connectivity index (χ0n) is 13.6. The number of aromatic nitrogens is 3. The molecule has 0 saturated heterocycles. The number of benzene rings is 2. The number of nitrogens with zero attached hydrogens (tertiary/aromatic N) is 3. The highest BCUT2D eigenvalue weighted by Gasteiger charge is 2.11. The fourth-order valence-electron chi connectivity index (χ4n) is 3.03. The third kappa shape index (κ3) is 2.71. The molecule has 0 saturated carbocycles. The third-order valence-electron chi connectivity index (χ3n) is 4.18. The molecule has 0 radical (unpaired) electrons. The van der Waals surface area contributed by atoms with Gasteiger partial charge in [-0.1, -0.05) is 43.3 Å². The molecule has 0 amide bonds. The first kappa shape index (κ1) is 14.7. The molecule has 4 heteroatoms. The van der Waals surface area contributed by atoms with E-state index in [0.717, 1.165) is 35.3 Å². The van der Waals surface area contributed by atoms with Crippen molar-refractivity contribution >= 4 is 10.8 Å². The zero-order valence-corrected chi connectivity index (χ0v) is 13.6. The lowest BCUT2D eigenvalue weighted by atomic mass is 10.0. The average molecular weight is 317 g/mol. The van der Waals surface area contributed by atoms with Crippen LogP contribution in [0, 0.1) is 0 Å². The Labute approximate surface area is 140 Å². The van der Waals surface area contributed by atoms with Crippen molar-refractivity contribution in [3.63, 3.8) is 0 Å². The van der Waals surface area contributed by atoms with Crippen LogP contribution < -0.4 is 0 Å². The normalized spacial score (nSPS) is 11.2. The lowest BCUT2D eigenvalue weighted by Gasteiger charge is -2.04. The molecule has 0 atom stereocenters. The summed E-state index contributed by atoms with van der Waals surface area (Å²) in [7, 11) is 0. The Morgan fingerprint density at radius 2 is 1.96 bits per heavy atom. The second-order valence-corrected chi connectivity index (χ2v) is 5.89. The number of imidazole rings is 1. The number of hydrogen-bond acceptors (Lipinski definition) is 3. The van der Waals surface area contributed by atoms with Gasteiger partial charge >= 0.3 is 0 Å². The van der Waals surface area contributed by atoms with Gasteiger partial charge in [0.2, 0.25) is 5.89 Å². The Morgan fingerprint density at radius 3 is 2.88 bits per heavy atom. The van der Waals surface area contributed by atoms with Crippen molar-refractivity contribution in [2.45, 2.75) is 26.3 Å². The van der Waals surface area contributed by atoms with E-state index in [1.54, 1.807) is 6.26 Å². The van der Waals surface area contributed by atoms with Gasteiger partial charge in [0.15, 0.2) is 0 Å². The van der Waals surface area contributed by atoms with Gasteiger partial charge < -0.3 is 8.98 Å². The van der Waals surface area contributed by atoms with Crippen molar-refractivity contribution in [2.75, 3.05) is 0 Å². The molecule has 2 heterocycles. The number of fused-ring (bicyclic) bond motifs is 1. The molecule has 0 bridgehead atoms. The lowest BCUT2D eigenvalue weighted by molar-refractivity contribution is 0.571. The highest BCUT2D eigenvalue weighted by Crippen LogP contribution is 2.28. The Balaban J connectivity index is 1.66. The first-order chi connectivity index (χ1) is 11.8. The largest absolute Gasteiger partial charge is 0.444 e. The highest BCUT2D eigenvalue weighted by molar-refractivity contribution is 5.94. The summed E-state index contributed by atoms with van der Waals surface area (Å²) in [6.45, 7) is 2.84. The van der Waals surface area contributed by atoms with Crippen LogP contribution >= 0.6 is 0 Å². The Morgan fingerprint density at radius 1 is 1.08 bits per heavy atom. The minimum Gasteiger partial charge on any atom is -0.444 e. The molecule has 24 heavy (non-hydrogen) atoms. The van der Waals surface area contributed by atoms with E-state index in [0.29, 0.717) is 12.4 Å². The maximum atomic E-state index is 5.76. The summed E-state index contributed by atoms with van der Waals surface area (Å²) in [6.07, 6.45) is 7.64. The molecule has 2 aromatic carbocycles. The molecule has 0 aliphatic heterocycles. The second kappa shape index (κ2) is 6.32. The number of aryl methyl sites for hydroxylation is 1. The average Bonchev–Trinajstić information content (AvgIpc) is 3.25. The van der Waals surface area contributed by atoms with E-state index in [9.17, 15) is 0 Å². The highest BCUT2D eigenvalue weighted by atomic mass is 16.3. The van der Waals surface area contributed by atoms with Crippen LogP contribution in [0.5, 0.6) is 0 Å². The van der Waals surface area contributed by atoms with Gasteiger partial charge in [-0.25, -0.2) is 9.97 Å². The molecule has 4 nitrogen and oxygen atoms in total. The van der Waals surface area contributed by atoms with Crippen LogP contribution in [0.3, 0.4) is 0 Å². The lowest BCUT2D eigenvalue weighted by Crippen LogP contribution is -2.04. The standard InChI is InChI=1S/C20H19N3O/c1-2-6-19-21-11-12-23(19)13-16-14-24-20(22-16)18-10-5-8-15-7-3-4-9-17(15)18/h3-5,7-12,14H,2,6,13H2,1H3. The second-order valence-electron chi connectivity index (χ2n) is 5.89. The molecule has 0 aliphatic carbocycles. The smallest absolute Gasteiger partial charge is 0.226 e. The number of oxazole rings is 1. The van der Waals surface area contributed by atoms with E-state index in [2.05, 4.69) is 40.7 Å². The Hall–Kier alpha value is -2.88. The van der Waals surface area contributed by atoms with Crippen molar-refractivity contribution in [3.8, 4) is 11.5 Å². The summed E-state index contributed by atoms with van der Waals surface area (Å²) in [5.74, 6) is 1.76. The predicted molar refractivity (Wildman–Crippen MR) is 94.8 cm³/mol. The summed E-state index contributed by atoms with van der Waals surface area (Å²) >= 11 is 0. The fraction of sp³-hybridized carbons (Fsp3) is 0.200. The van der Waals surface area contributed by atoms with E-state index < -0.39 is 0 Å². The van der Waals surface area contributed by atoms with Gasteiger partial charge in [-0.2, -0.15) is 0 Å². The molecule has 120 valence electrons. The van der Waals surface area contributed by atoms with Gasteiger partial charge in [0, 0.05) is 24.4 Å². The van der Waals surface area contributed by atoms with Gasteiger partial charge in [0.05, 0.1) is 12.2 Å². The summed E-state index contributed by atoms with van der Waals surface area (Å²) in [6, 6.07) is 14.5. The minimum atomic E-state index is 0.666. The van der Waals surface area contributed by atoms with Crippen molar-refractivity contribution in [3.05, 3.63) is 72.6 Å². The van der Waals surface area contributed by atoms with Crippen LogP contribution in [0.2, 0.25) is 0 Å². The topological polar surface area (TPSA) is 43.9 Å². The molecular weight excluding hydrogens is 298 g/mol. The monoisotopic (exact) mass is 317 g/mol. The molecule has 0 unspecified atom stereocenters. The summed E-state index contributed by atoms with van der Waals surface area (Å²) in [4.78, 5) is 9.10. The van der Waals surface area contributed by atoms with Crippen molar-refractivity contribution < 1.29 is 4.42 Å². The van der Waals surface area contributed by atoms with Gasteiger partial charge in [-0.3, -0.25) is 0 Å². The van der Waals surface area contributed by atoms with Crippen molar-refractivity contribution in [1.29, 1.82) is 0 Å². The molecule has 0 fully saturated rings. The van der Waals surface area contributed by atoms with E-state index in [1.165, 1.54) is 5.39 Å². The first-order valence-electron chi connectivity index (χ1n) is 8.27. The molecule has 2 aromatic heterocycles. The molecule has 0 spiro atoms. The van der Waals surface area contributed by atoms with Crippen LogP contribution in [-0.2, 0) is 13.0 Å². The van der Waals surface area contributed by atoms with E-state index in [4.69, 9.17) is 9.40 Å². The summed E-state index contributed by atoms with van der Waals surface area (Å²) in [5.41, 5.74) is 1.94. The van der Waals surface area contributed by atoms with Gasteiger partial charge in [-0.15, -0.1) is 0 Å². The number of hydrogen-bond donors (Lipinski definition) is 0. The van der Waals surface area contributed by atoms with E-state index in [1.807, 2.05) is 30.6 Å². The summed E-state index contributed by atoms with van der Waals surface area (Å²) < 4.78 is 7.90. The van der Waals surface area contributed by atoms with Gasteiger partial charge in [-0.05, 0) is 23.3 Å². The molecule has 0 N–H and O–H groups in total. The maximum absolute atomic E-state index is 5.76.